The molecular weight excluding hydrogens is 393 g/mol. The number of nitrogens with one attached hydrogen (secondary N) is 1. The molecule has 1 atom stereocenters. The molecule has 6 nitrogen and oxygen atoms in total. The fraction of sp³-hybridized carbons (Fsp3) is 0.211. The number of carbonyl (C=O) groups is 3. The minimum absolute atomic E-state index is 0.158. The van der Waals surface area contributed by atoms with E-state index < -0.39 is 30.5 Å². The highest BCUT2D eigenvalue weighted by molar-refractivity contribution is 6.42. The van der Waals surface area contributed by atoms with Crippen molar-refractivity contribution >= 4 is 41.0 Å². The first-order valence-corrected chi connectivity index (χ1v) is 8.69. The van der Waals surface area contributed by atoms with Crippen molar-refractivity contribution in [3.8, 4) is 0 Å². The fourth-order valence-corrected chi connectivity index (χ4v) is 2.56. The van der Waals surface area contributed by atoms with Crippen LogP contribution in [0.25, 0.3) is 0 Å². The van der Waals surface area contributed by atoms with Crippen LogP contribution in [0, 0.1) is 0 Å². The van der Waals surface area contributed by atoms with E-state index in [1.807, 2.05) is 30.3 Å². The Morgan fingerprint density at radius 3 is 2.37 bits per heavy atom. The van der Waals surface area contributed by atoms with Gasteiger partial charge in [0.25, 0.3) is 5.91 Å². The van der Waals surface area contributed by atoms with Gasteiger partial charge in [-0.15, -0.1) is 0 Å². The third-order valence-corrected chi connectivity index (χ3v) is 4.33. The third-order valence-electron chi connectivity index (χ3n) is 3.59. The Bertz CT molecular complexity index is 826. The van der Waals surface area contributed by atoms with Crippen molar-refractivity contribution in [2.75, 3.05) is 13.7 Å². The van der Waals surface area contributed by atoms with Crippen LogP contribution in [0.1, 0.15) is 15.9 Å². The van der Waals surface area contributed by atoms with Crippen molar-refractivity contribution in [2.45, 2.75) is 12.5 Å². The molecule has 142 valence electrons. The molecule has 0 aliphatic carbocycles. The smallest absolute Gasteiger partial charge is 0.338 e. The summed E-state index contributed by atoms with van der Waals surface area (Å²) in [6, 6.07) is 12.5. The number of halogens is 2. The molecule has 0 aliphatic rings. The van der Waals surface area contributed by atoms with Crippen LogP contribution in [0.2, 0.25) is 10.0 Å². The molecule has 2 aromatic rings. The second-order valence-corrected chi connectivity index (χ2v) is 6.35. The van der Waals surface area contributed by atoms with E-state index in [-0.39, 0.29) is 17.0 Å². The average molecular weight is 410 g/mol. The van der Waals surface area contributed by atoms with Crippen molar-refractivity contribution < 1.29 is 23.9 Å². The molecule has 8 heteroatoms. The van der Waals surface area contributed by atoms with Crippen LogP contribution in [-0.4, -0.2) is 37.6 Å². The van der Waals surface area contributed by atoms with Crippen molar-refractivity contribution in [3.63, 3.8) is 0 Å². The Kier molecular flexibility index (Phi) is 7.64. The Morgan fingerprint density at radius 2 is 1.74 bits per heavy atom. The lowest BCUT2D eigenvalue weighted by Gasteiger charge is -2.16. The maximum atomic E-state index is 12.1. The lowest BCUT2D eigenvalue weighted by Crippen LogP contribution is -2.44. The minimum atomic E-state index is -0.895. The summed E-state index contributed by atoms with van der Waals surface area (Å²) in [7, 11) is 1.23. The summed E-state index contributed by atoms with van der Waals surface area (Å²) >= 11 is 11.6. The Labute approximate surface area is 166 Å². The van der Waals surface area contributed by atoms with Gasteiger partial charge in [-0.1, -0.05) is 53.5 Å². The van der Waals surface area contributed by atoms with Gasteiger partial charge in [0, 0.05) is 6.42 Å². The van der Waals surface area contributed by atoms with E-state index in [1.165, 1.54) is 25.3 Å². The van der Waals surface area contributed by atoms with Crippen LogP contribution >= 0.6 is 23.2 Å². The zero-order chi connectivity index (χ0) is 19.8. The van der Waals surface area contributed by atoms with Crippen LogP contribution in [0.3, 0.4) is 0 Å². The monoisotopic (exact) mass is 409 g/mol. The van der Waals surface area contributed by atoms with Gasteiger partial charge in [0.15, 0.2) is 6.61 Å². The first-order valence-electron chi connectivity index (χ1n) is 7.94. The van der Waals surface area contributed by atoms with Gasteiger partial charge in [-0.05, 0) is 23.8 Å². The highest BCUT2D eigenvalue weighted by atomic mass is 35.5. The molecule has 0 aliphatic heterocycles. The number of ether oxygens (including phenoxy) is 2. The van der Waals surface area contributed by atoms with Crippen molar-refractivity contribution in [1.82, 2.24) is 5.32 Å². The van der Waals surface area contributed by atoms with Gasteiger partial charge in [0.1, 0.15) is 6.04 Å². The molecule has 0 bridgehead atoms. The number of esters is 2. The van der Waals surface area contributed by atoms with E-state index >= 15 is 0 Å². The van der Waals surface area contributed by atoms with E-state index in [0.29, 0.717) is 5.02 Å². The Balaban J connectivity index is 1.93. The first-order chi connectivity index (χ1) is 12.9. The molecule has 0 fully saturated rings. The lowest BCUT2D eigenvalue weighted by atomic mass is 10.1. The van der Waals surface area contributed by atoms with E-state index in [0.717, 1.165) is 5.56 Å². The molecule has 1 N–H and O–H groups in total. The Hall–Kier alpha value is -2.57. The number of hydrogen-bond acceptors (Lipinski definition) is 5. The van der Waals surface area contributed by atoms with E-state index in [9.17, 15) is 14.4 Å². The quantitative estimate of drug-likeness (QED) is 0.710. The molecule has 0 saturated carbocycles. The van der Waals surface area contributed by atoms with E-state index in [4.69, 9.17) is 32.7 Å². The SMILES string of the molecule is COC(=O)C(Cc1ccccc1)NC(=O)COC(=O)c1ccc(Cl)c(Cl)c1. The second kappa shape index (κ2) is 9.94. The summed E-state index contributed by atoms with van der Waals surface area (Å²) in [5.74, 6) is -1.96. The minimum Gasteiger partial charge on any atom is -0.467 e. The fourth-order valence-electron chi connectivity index (χ4n) is 2.26. The number of rotatable bonds is 7. The van der Waals surface area contributed by atoms with Crippen molar-refractivity contribution in [1.29, 1.82) is 0 Å². The number of hydrogen-bond donors (Lipinski definition) is 1. The van der Waals surface area contributed by atoms with Crippen LogP contribution in [0.15, 0.2) is 48.5 Å². The van der Waals surface area contributed by atoms with Crippen LogP contribution in [0.5, 0.6) is 0 Å². The molecule has 0 radical (unpaired) electrons. The van der Waals surface area contributed by atoms with Gasteiger partial charge in [0.05, 0.1) is 22.7 Å². The summed E-state index contributed by atoms with van der Waals surface area (Å²) in [5, 5.41) is 3.00. The lowest BCUT2D eigenvalue weighted by molar-refractivity contribution is -0.145. The van der Waals surface area contributed by atoms with E-state index in [2.05, 4.69) is 5.32 Å². The molecular formula is C19H17Cl2NO5. The zero-order valence-electron chi connectivity index (χ0n) is 14.4. The average Bonchev–Trinajstić information content (AvgIpc) is 2.67. The highest BCUT2D eigenvalue weighted by Gasteiger charge is 2.22. The van der Waals surface area contributed by atoms with E-state index in [1.54, 1.807) is 0 Å². The maximum Gasteiger partial charge on any atom is 0.338 e. The molecule has 0 heterocycles. The number of benzene rings is 2. The summed E-state index contributed by atoms with van der Waals surface area (Å²) < 4.78 is 9.66. The normalized spacial score (nSPS) is 11.4. The summed E-state index contributed by atoms with van der Waals surface area (Å²) in [4.78, 5) is 36.0. The van der Waals surface area contributed by atoms with Gasteiger partial charge in [-0.2, -0.15) is 0 Å². The predicted octanol–water partition coefficient (Wildman–Crippen LogP) is 3.05. The number of methoxy groups -OCH3 is 1. The molecule has 1 unspecified atom stereocenters. The van der Waals surface area contributed by atoms with Crippen LogP contribution in [0.4, 0.5) is 0 Å². The van der Waals surface area contributed by atoms with Gasteiger partial charge in [0.2, 0.25) is 0 Å². The third kappa shape index (κ3) is 6.27. The van der Waals surface area contributed by atoms with Crippen LogP contribution < -0.4 is 5.32 Å². The van der Waals surface area contributed by atoms with Gasteiger partial charge >= 0.3 is 11.9 Å². The topological polar surface area (TPSA) is 81.7 Å². The summed E-state index contributed by atoms with van der Waals surface area (Å²) in [6.45, 7) is -0.554. The molecule has 2 rings (SSSR count). The molecule has 2 aromatic carbocycles. The molecule has 1 amide bonds. The molecule has 27 heavy (non-hydrogen) atoms. The zero-order valence-corrected chi connectivity index (χ0v) is 15.9. The summed E-state index contributed by atoms with van der Waals surface area (Å²) in [6.07, 6.45) is 0.250. The number of amides is 1. The van der Waals surface area contributed by atoms with Gasteiger partial charge in [-0.25, -0.2) is 9.59 Å². The summed E-state index contributed by atoms with van der Waals surface area (Å²) in [5.41, 5.74) is 1.01. The van der Waals surface area contributed by atoms with Gasteiger partial charge in [-0.3, -0.25) is 4.79 Å². The maximum absolute atomic E-state index is 12.1. The Morgan fingerprint density at radius 1 is 1.04 bits per heavy atom. The van der Waals surface area contributed by atoms with Crippen molar-refractivity contribution in [2.24, 2.45) is 0 Å². The predicted molar refractivity (Wildman–Crippen MR) is 101 cm³/mol. The highest BCUT2D eigenvalue weighted by Crippen LogP contribution is 2.22. The van der Waals surface area contributed by atoms with Crippen molar-refractivity contribution in [3.05, 3.63) is 69.7 Å². The number of carbonyl (C=O) groups excluding carboxylic acids is 3. The van der Waals surface area contributed by atoms with Crippen LogP contribution in [-0.2, 0) is 25.5 Å². The molecule has 0 aromatic heterocycles. The second-order valence-electron chi connectivity index (χ2n) is 5.54. The molecule has 0 saturated heterocycles. The molecule has 0 spiro atoms. The largest absolute Gasteiger partial charge is 0.467 e. The standard InChI is InChI=1S/C19H17Cl2NO5/c1-26-19(25)16(9-12-5-3-2-4-6-12)22-17(23)11-27-18(24)13-7-8-14(20)15(21)10-13/h2-8,10,16H,9,11H2,1H3,(H,22,23). The first kappa shape index (κ1) is 20.7. The van der Waals surface area contributed by atoms with Gasteiger partial charge < -0.3 is 14.8 Å².